The summed E-state index contributed by atoms with van der Waals surface area (Å²) in [5.41, 5.74) is 2.87. The molecule has 0 radical (unpaired) electrons. The summed E-state index contributed by atoms with van der Waals surface area (Å²) in [6, 6.07) is 9.10. The van der Waals surface area contributed by atoms with E-state index in [1.54, 1.807) is 6.07 Å². The summed E-state index contributed by atoms with van der Waals surface area (Å²) in [5.74, 6) is -0.481. The van der Waals surface area contributed by atoms with Gasteiger partial charge in [0.2, 0.25) is 5.95 Å². The van der Waals surface area contributed by atoms with Crippen molar-refractivity contribution < 1.29 is 4.39 Å². The number of benzene rings is 1. The van der Waals surface area contributed by atoms with E-state index < -0.39 is 5.95 Å². The van der Waals surface area contributed by atoms with Crippen molar-refractivity contribution in [1.29, 1.82) is 0 Å². The first-order chi connectivity index (χ1) is 8.19. The van der Waals surface area contributed by atoms with Gasteiger partial charge in [0.25, 0.3) is 0 Å². The predicted molar refractivity (Wildman–Crippen MR) is 71.0 cm³/mol. The molecule has 0 unspecified atom stereocenters. The molecule has 0 fully saturated rings. The van der Waals surface area contributed by atoms with Crippen LogP contribution in [0, 0.1) is 5.95 Å². The minimum Gasteiger partial charge on any atom is -0.355 e. The van der Waals surface area contributed by atoms with Crippen molar-refractivity contribution in [3.63, 3.8) is 0 Å². The lowest BCUT2D eigenvalue weighted by molar-refractivity contribution is 0.584. The van der Waals surface area contributed by atoms with Crippen molar-refractivity contribution >= 4 is 27.3 Å². The number of pyridine rings is 1. The second-order valence-corrected chi connectivity index (χ2v) is 4.56. The fraction of sp³-hybridized carbons (Fsp3) is 0.154. The van der Waals surface area contributed by atoms with Crippen molar-refractivity contribution in [2.24, 2.45) is 0 Å². The molecule has 2 aromatic rings. The second-order valence-electron chi connectivity index (χ2n) is 3.65. The smallest absolute Gasteiger partial charge is 0.214 e. The van der Waals surface area contributed by atoms with Gasteiger partial charge in [-0.05, 0) is 36.2 Å². The highest BCUT2D eigenvalue weighted by atomic mass is 79.9. The van der Waals surface area contributed by atoms with Gasteiger partial charge in [0.05, 0.1) is 0 Å². The number of aryl methyl sites for hydroxylation is 1. The average Bonchev–Trinajstić information content (AvgIpc) is 2.31. The zero-order valence-corrected chi connectivity index (χ0v) is 11.0. The van der Waals surface area contributed by atoms with Gasteiger partial charge in [-0.1, -0.05) is 22.9 Å². The van der Waals surface area contributed by atoms with Crippen LogP contribution in [-0.4, -0.2) is 4.98 Å². The molecule has 4 heteroatoms. The van der Waals surface area contributed by atoms with Crippen molar-refractivity contribution in [3.05, 3.63) is 52.5 Å². The van der Waals surface area contributed by atoms with E-state index in [0.29, 0.717) is 5.69 Å². The first-order valence-corrected chi connectivity index (χ1v) is 6.15. The van der Waals surface area contributed by atoms with Crippen LogP contribution in [0.1, 0.15) is 12.5 Å². The minimum absolute atomic E-state index is 0.481. The van der Waals surface area contributed by atoms with Gasteiger partial charge in [-0.15, -0.1) is 0 Å². The summed E-state index contributed by atoms with van der Waals surface area (Å²) in [7, 11) is 0. The summed E-state index contributed by atoms with van der Waals surface area (Å²) in [5, 5.41) is 3.19. The van der Waals surface area contributed by atoms with Gasteiger partial charge in [-0.25, -0.2) is 4.98 Å². The van der Waals surface area contributed by atoms with Crippen molar-refractivity contribution in [3.8, 4) is 0 Å². The Balaban J connectivity index is 2.29. The van der Waals surface area contributed by atoms with Gasteiger partial charge >= 0.3 is 0 Å². The van der Waals surface area contributed by atoms with E-state index in [-0.39, 0.29) is 0 Å². The maximum atomic E-state index is 13.0. The quantitative estimate of drug-likeness (QED) is 0.854. The van der Waals surface area contributed by atoms with Crippen molar-refractivity contribution in [2.75, 3.05) is 5.32 Å². The Morgan fingerprint density at radius 2 is 2.12 bits per heavy atom. The van der Waals surface area contributed by atoms with Gasteiger partial charge < -0.3 is 5.32 Å². The molecule has 1 aromatic carbocycles. The van der Waals surface area contributed by atoms with E-state index in [9.17, 15) is 4.39 Å². The molecule has 0 spiro atoms. The average molecular weight is 295 g/mol. The lowest BCUT2D eigenvalue weighted by Crippen LogP contribution is -1.96. The summed E-state index contributed by atoms with van der Waals surface area (Å²) < 4.78 is 14.0. The third kappa shape index (κ3) is 3.03. The van der Waals surface area contributed by atoms with Crippen LogP contribution in [0.15, 0.2) is 41.0 Å². The van der Waals surface area contributed by atoms with Crippen LogP contribution in [0.4, 0.5) is 15.8 Å². The zero-order valence-electron chi connectivity index (χ0n) is 9.37. The molecule has 2 rings (SSSR count). The molecular weight excluding hydrogens is 283 g/mol. The van der Waals surface area contributed by atoms with E-state index in [1.807, 2.05) is 12.1 Å². The topological polar surface area (TPSA) is 24.9 Å². The van der Waals surface area contributed by atoms with Crippen LogP contribution >= 0.6 is 15.9 Å². The zero-order chi connectivity index (χ0) is 12.3. The van der Waals surface area contributed by atoms with E-state index in [0.717, 1.165) is 16.6 Å². The van der Waals surface area contributed by atoms with E-state index in [4.69, 9.17) is 0 Å². The number of halogens is 2. The molecule has 2 nitrogen and oxygen atoms in total. The molecule has 1 N–H and O–H groups in total. The number of hydrogen-bond donors (Lipinski definition) is 1. The Morgan fingerprint density at radius 3 is 2.82 bits per heavy atom. The Hall–Kier alpha value is -1.42. The highest BCUT2D eigenvalue weighted by Gasteiger charge is 2.03. The van der Waals surface area contributed by atoms with Crippen molar-refractivity contribution in [1.82, 2.24) is 4.98 Å². The van der Waals surface area contributed by atoms with Gasteiger partial charge in [-0.2, -0.15) is 4.39 Å². The molecule has 0 atom stereocenters. The van der Waals surface area contributed by atoms with Crippen LogP contribution in [0.25, 0.3) is 0 Å². The molecule has 0 aliphatic carbocycles. The highest BCUT2D eigenvalue weighted by Crippen LogP contribution is 2.24. The maximum absolute atomic E-state index is 13.0. The van der Waals surface area contributed by atoms with Crippen LogP contribution in [-0.2, 0) is 6.42 Å². The van der Waals surface area contributed by atoms with Crippen LogP contribution < -0.4 is 5.32 Å². The Kier molecular flexibility index (Phi) is 3.74. The number of hydrogen-bond acceptors (Lipinski definition) is 2. The van der Waals surface area contributed by atoms with Gasteiger partial charge in [0.15, 0.2) is 0 Å². The van der Waals surface area contributed by atoms with E-state index in [2.05, 4.69) is 39.2 Å². The van der Waals surface area contributed by atoms with E-state index >= 15 is 0 Å². The Morgan fingerprint density at radius 1 is 1.29 bits per heavy atom. The summed E-state index contributed by atoms with van der Waals surface area (Å²) in [4.78, 5) is 3.52. The largest absolute Gasteiger partial charge is 0.355 e. The molecule has 0 aliphatic rings. The summed E-state index contributed by atoms with van der Waals surface area (Å²) in [6.45, 7) is 2.08. The molecule has 1 aromatic heterocycles. The number of rotatable bonds is 3. The number of nitrogens with one attached hydrogen (secondary N) is 1. The van der Waals surface area contributed by atoms with E-state index in [1.165, 1.54) is 17.8 Å². The normalized spacial score (nSPS) is 10.3. The number of anilines is 2. The third-order valence-corrected chi connectivity index (χ3v) is 2.95. The first-order valence-electron chi connectivity index (χ1n) is 5.36. The molecule has 0 saturated heterocycles. The molecule has 0 amide bonds. The maximum Gasteiger partial charge on any atom is 0.214 e. The predicted octanol–water partition coefficient (Wildman–Crippen LogP) is 4.29. The molecular formula is C13H12BrFN2. The molecule has 1 heterocycles. The van der Waals surface area contributed by atoms with Crippen LogP contribution in [0.3, 0.4) is 0 Å². The fourth-order valence-electron chi connectivity index (χ4n) is 1.61. The lowest BCUT2D eigenvalue weighted by atomic mass is 10.1. The fourth-order valence-corrected chi connectivity index (χ4v) is 2.02. The van der Waals surface area contributed by atoms with Crippen LogP contribution in [0.5, 0.6) is 0 Å². The molecule has 88 valence electrons. The van der Waals surface area contributed by atoms with Gasteiger partial charge in [0.1, 0.15) is 0 Å². The standard InChI is InChI=1S/C13H12BrFN2/c1-2-9-7-10(14)3-4-12(9)17-11-5-6-16-13(15)8-11/h3-8H,2H2,1H3,(H,16,17). The SMILES string of the molecule is CCc1cc(Br)ccc1Nc1ccnc(F)c1. The third-order valence-electron chi connectivity index (χ3n) is 2.45. The monoisotopic (exact) mass is 294 g/mol. The number of aromatic nitrogens is 1. The Labute approximate surface area is 108 Å². The number of nitrogens with zero attached hydrogens (tertiary/aromatic N) is 1. The van der Waals surface area contributed by atoms with Crippen LogP contribution in [0.2, 0.25) is 0 Å². The summed E-state index contributed by atoms with van der Waals surface area (Å²) in [6.07, 6.45) is 2.36. The molecule has 0 saturated carbocycles. The molecule has 0 aliphatic heterocycles. The minimum atomic E-state index is -0.481. The van der Waals surface area contributed by atoms with Gasteiger partial charge in [0, 0.05) is 28.1 Å². The second kappa shape index (κ2) is 5.27. The van der Waals surface area contributed by atoms with Gasteiger partial charge in [-0.3, -0.25) is 0 Å². The summed E-state index contributed by atoms with van der Waals surface area (Å²) >= 11 is 3.44. The highest BCUT2D eigenvalue weighted by molar-refractivity contribution is 9.10. The Bertz CT molecular complexity index is 529. The van der Waals surface area contributed by atoms with Crippen molar-refractivity contribution in [2.45, 2.75) is 13.3 Å². The first kappa shape index (κ1) is 12.0. The molecule has 0 bridgehead atoms. The molecule has 17 heavy (non-hydrogen) atoms. The lowest BCUT2D eigenvalue weighted by Gasteiger charge is -2.11.